The van der Waals surface area contributed by atoms with E-state index in [-0.39, 0.29) is 10.5 Å². The Kier molecular flexibility index (Phi) is 5.82. The van der Waals surface area contributed by atoms with Crippen molar-refractivity contribution in [1.29, 1.82) is 0 Å². The van der Waals surface area contributed by atoms with Crippen LogP contribution in [0.3, 0.4) is 0 Å². The second-order valence-electron chi connectivity index (χ2n) is 3.39. The van der Waals surface area contributed by atoms with E-state index in [1.165, 1.54) is 4.57 Å². The minimum absolute atomic E-state index is 0.115. The number of hydrogen-bond acceptors (Lipinski definition) is 4. The van der Waals surface area contributed by atoms with Crippen molar-refractivity contribution >= 4 is 17.2 Å². The van der Waals surface area contributed by atoms with Crippen LogP contribution in [-0.2, 0) is 16.0 Å². The third-order valence-electron chi connectivity index (χ3n) is 2.19. The summed E-state index contributed by atoms with van der Waals surface area (Å²) in [5.74, 6) is 0. The molecule has 0 aliphatic rings. The summed E-state index contributed by atoms with van der Waals surface area (Å²) in [6.45, 7) is 1.98. The molecule has 1 rings (SSSR count). The fourth-order valence-electron chi connectivity index (χ4n) is 1.31. The minimum atomic E-state index is -0.185. The van der Waals surface area contributed by atoms with Crippen molar-refractivity contribution in [3.63, 3.8) is 0 Å². The van der Waals surface area contributed by atoms with Gasteiger partial charge >= 0.3 is 0 Å². The first-order valence-corrected chi connectivity index (χ1v) is 5.63. The number of ether oxygens (including phenoxy) is 2. The van der Waals surface area contributed by atoms with E-state index in [0.29, 0.717) is 31.9 Å². The maximum absolute atomic E-state index is 11.8. The van der Waals surface area contributed by atoms with Crippen LogP contribution < -0.4 is 11.3 Å². The quantitative estimate of drug-likeness (QED) is 0.555. The fraction of sp³-hybridized carbons (Fsp3) is 0.455. The van der Waals surface area contributed by atoms with Gasteiger partial charge in [-0.15, -0.1) is 0 Å². The van der Waals surface area contributed by atoms with Crippen LogP contribution in [0, 0.1) is 0 Å². The Hall–Kier alpha value is -1.24. The van der Waals surface area contributed by atoms with Crippen LogP contribution in [0.15, 0.2) is 23.1 Å². The van der Waals surface area contributed by atoms with Gasteiger partial charge in [-0.05, 0) is 12.1 Å². The third-order valence-corrected chi connectivity index (χ3v) is 2.41. The first kappa shape index (κ1) is 13.8. The highest BCUT2D eigenvalue weighted by Gasteiger charge is 2.04. The zero-order valence-electron chi connectivity index (χ0n) is 9.72. The Balaban J connectivity index is 2.57. The third kappa shape index (κ3) is 4.26. The first-order valence-electron chi connectivity index (χ1n) is 5.22. The molecule has 0 saturated heterocycles. The number of methoxy groups -OCH3 is 1. The summed E-state index contributed by atoms with van der Waals surface area (Å²) in [4.78, 5) is 12.0. The van der Waals surface area contributed by atoms with E-state index in [1.54, 1.807) is 25.4 Å². The van der Waals surface area contributed by atoms with Crippen molar-refractivity contribution in [2.24, 2.45) is 5.73 Å². The summed E-state index contributed by atoms with van der Waals surface area (Å²) in [6, 6.07) is 3.36. The lowest BCUT2D eigenvalue weighted by molar-refractivity contribution is 0.0663. The second kappa shape index (κ2) is 7.16. The van der Waals surface area contributed by atoms with Gasteiger partial charge in [-0.2, -0.15) is 0 Å². The monoisotopic (exact) mass is 256 g/mol. The van der Waals surface area contributed by atoms with Crippen molar-refractivity contribution in [3.05, 3.63) is 34.2 Å². The van der Waals surface area contributed by atoms with Crippen LogP contribution in [0.25, 0.3) is 0 Å². The van der Waals surface area contributed by atoms with Gasteiger partial charge in [-0.1, -0.05) is 12.2 Å². The predicted octanol–water partition coefficient (Wildman–Crippen LogP) is 0.145. The van der Waals surface area contributed by atoms with Crippen LogP contribution in [0.4, 0.5) is 0 Å². The van der Waals surface area contributed by atoms with E-state index < -0.39 is 0 Å². The summed E-state index contributed by atoms with van der Waals surface area (Å²) in [7, 11) is 1.61. The Morgan fingerprint density at radius 3 is 2.88 bits per heavy atom. The van der Waals surface area contributed by atoms with Crippen molar-refractivity contribution < 1.29 is 9.47 Å². The molecule has 5 nitrogen and oxygen atoms in total. The Bertz CT molecular complexity index is 431. The SMILES string of the molecule is COCCOCCn1cccc(C(N)=S)c1=O. The maximum atomic E-state index is 11.8. The van der Waals surface area contributed by atoms with E-state index in [1.807, 2.05) is 0 Å². The molecule has 0 amide bonds. The zero-order chi connectivity index (χ0) is 12.7. The molecule has 0 aliphatic carbocycles. The van der Waals surface area contributed by atoms with Gasteiger partial charge < -0.3 is 19.8 Å². The largest absolute Gasteiger partial charge is 0.389 e. The van der Waals surface area contributed by atoms with Gasteiger partial charge in [0.15, 0.2) is 0 Å². The smallest absolute Gasteiger partial charge is 0.260 e. The Morgan fingerprint density at radius 1 is 1.47 bits per heavy atom. The van der Waals surface area contributed by atoms with E-state index in [4.69, 9.17) is 27.4 Å². The number of nitrogens with two attached hydrogens (primary N) is 1. The molecular weight excluding hydrogens is 240 g/mol. The Morgan fingerprint density at radius 2 is 2.24 bits per heavy atom. The molecule has 0 aromatic carbocycles. The summed E-state index contributed by atoms with van der Waals surface area (Å²) in [5, 5.41) is 0. The van der Waals surface area contributed by atoms with E-state index in [9.17, 15) is 4.79 Å². The summed E-state index contributed by atoms with van der Waals surface area (Å²) >= 11 is 4.80. The lowest BCUT2D eigenvalue weighted by Gasteiger charge is -2.08. The first-order chi connectivity index (χ1) is 8.16. The van der Waals surface area contributed by atoms with Crippen molar-refractivity contribution in [3.8, 4) is 0 Å². The molecule has 0 atom stereocenters. The summed E-state index contributed by atoms with van der Waals surface area (Å²) < 4.78 is 11.7. The van der Waals surface area contributed by atoms with Gasteiger partial charge in [0.05, 0.1) is 25.4 Å². The topological polar surface area (TPSA) is 66.5 Å². The molecule has 0 fully saturated rings. The predicted molar refractivity (Wildman–Crippen MR) is 69.3 cm³/mol. The van der Waals surface area contributed by atoms with Crippen molar-refractivity contribution in [2.45, 2.75) is 6.54 Å². The van der Waals surface area contributed by atoms with E-state index in [0.717, 1.165) is 0 Å². The number of rotatable bonds is 7. The number of nitrogens with zero attached hydrogens (tertiary/aromatic N) is 1. The highest BCUT2D eigenvalue weighted by Crippen LogP contribution is 1.92. The molecule has 0 aliphatic heterocycles. The molecule has 1 heterocycles. The lowest BCUT2D eigenvalue weighted by atomic mass is 10.3. The molecule has 1 aromatic heterocycles. The van der Waals surface area contributed by atoms with E-state index in [2.05, 4.69) is 0 Å². The zero-order valence-corrected chi connectivity index (χ0v) is 10.5. The van der Waals surface area contributed by atoms with Crippen LogP contribution >= 0.6 is 12.2 Å². The van der Waals surface area contributed by atoms with Gasteiger partial charge in [0.1, 0.15) is 4.99 Å². The standard InChI is InChI=1S/C11H16N2O3S/c1-15-7-8-16-6-5-13-4-2-3-9(10(12)17)11(13)14/h2-4H,5-8H2,1H3,(H2,12,17). The average Bonchev–Trinajstić information content (AvgIpc) is 2.30. The van der Waals surface area contributed by atoms with Crippen LogP contribution in [-0.4, -0.2) is 36.5 Å². The van der Waals surface area contributed by atoms with Gasteiger partial charge in [0, 0.05) is 19.9 Å². The molecular formula is C11H16N2O3S. The van der Waals surface area contributed by atoms with Gasteiger partial charge in [0.2, 0.25) is 0 Å². The second-order valence-corrected chi connectivity index (χ2v) is 3.83. The molecule has 6 heteroatoms. The maximum Gasteiger partial charge on any atom is 0.260 e. The Labute approximate surface area is 105 Å². The number of thiocarbonyl (C=S) groups is 1. The van der Waals surface area contributed by atoms with Crippen LogP contribution in [0.1, 0.15) is 5.56 Å². The molecule has 2 N–H and O–H groups in total. The number of hydrogen-bond donors (Lipinski definition) is 1. The normalized spacial score (nSPS) is 10.4. The van der Waals surface area contributed by atoms with Gasteiger partial charge in [-0.25, -0.2) is 0 Å². The highest BCUT2D eigenvalue weighted by atomic mass is 32.1. The molecule has 1 aromatic rings. The van der Waals surface area contributed by atoms with Crippen molar-refractivity contribution in [2.75, 3.05) is 26.9 Å². The van der Waals surface area contributed by atoms with Crippen molar-refractivity contribution in [1.82, 2.24) is 4.57 Å². The molecule has 94 valence electrons. The minimum Gasteiger partial charge on any atom is -0.389 e. The molecule has 17 heavy (non-hydrogen) atoms. The van der Waals surface area contributed by atoms with Gasteiger partial charge in [0.25, 0.3) is 5.56 Å². The number of aromatic nitrogens is 1. The van der Waals surface area contributed by atoms with Crippen LogP contribution in [0.5, 0.6) is 0 Å². The van der Waals surface area contributed by atoms with Gasteiger partial charge in [-0.3, -0.25) is 4.79 Å². The highest BCUT2D eigenvalue weighted by molar-refractivity contribution is 7.80. The van der Waals surface area contributed by atoms with Crippen LogP contribution in [0.2, 0.25) is 0 Å². The molecule has 0 unspecified atom stereocenters. The number of pyridine rings is 1. The lowest BCUT2D eigenvalue weighted by Crippen LogP contribution is -2.29. The molecule has 0 bridgehead atoms. The average molecular weight is 256 g/mol. The fourth-order valence-corrected chi connectivity index (χ4v) is 1.46. The van der Waals surface area contributed by atoms with E-state index >= 15 is 0 Å². The molecule has 0 radical (unpaired) electrons. The summed E-state index contributed by atoms with van der Waals surface area (Å²) in [6.07, 6.45) is 1.68. The molecule has 0 saturated carbocycles. The molecule has 0 spiro atoms. The summed E-state index contributed by atoms with van der Waals surface area (Å²) in [5.41, 5.74) is 5.62.